The zero-order valence-electron chi connectivity index (χ0n) is 17.7. The second kappa shape index (κ2) is 7.72. The van der Waals surface area contributed by atoms with Crippen LogP contribution in [0.3, 0.4) is 0 Å². The van der Waals surface area contributed by atoms with Crippen molar-refractivity contribution in [3.63, 3.8) is 0 Å². The van der Waals surface area contributed by atoms with E-state index in [4.69, 9.17) is 9.72 Å². The Morgan fingerprint density at radius 3 is 2.84 bits per heavy atom. The number of aliphatic hydroxyl groups excluding tert-OH is 1. The Morgan fingerprint density at radius 1 is 1.16 bits per heavy atom. The van der Waals surface area contributed by atoms with Crippen LogP contribution in [0.4, 0.5) is 0 Å². The average Bonchev–Trinajstić information content (AvgIpc) is 3.52. The summed E-state index contributed by atoms with van der Waals surface area (Å²) in [5.74, 6) is -0.117. The molecule has 0 spiro atoms. The van der Waals surface area contributed by atoms with Gasteiger partial charge in [0.25, 0.3) is 0 Å². The van der Waals surface area contributed by atoms with Gasteiger partial charge in [0.2, 0.25) is 0 Å². The number of pyridine rings is 2. The second-order valence-corrected chi connectivity index (χ2v) is 8.74. The molecule has 2 aliphatic rings. The van der Waals surface area contributed by atoms with Crippen molar-refractivity contribution in [2.45, 2.75) is 38.3 Å². The maximum Gasteiger partial charge on any atom is 0.334 e. The molecule has 0 saturated carbocycles. The highest BCUT2D eigenvalue weighted by molar-refractivity contribution is 5.85. The summed E-state index contributed by atoms with van der Waals surface area (Å²) >= 11 is 0. The van der Waals surface area contributed by atoms with E-state index < -0.39 is 6.10 Å². The molecule has 4 aromatic heterocycles. The molecule has 5 heterocycles. The van der Waals surface area contributed by atoms with E-state index in [1.165, 1.54) is 0 Å². The highest BCUT2D eigenvalue weighted by Gasteiger charge is 2.29. The zero-order chi connectivity index (χ0) is 21.7. The molecule has 0 unspecified atom stereocenters. The number of aromatic nitrogens is 5. The van der Waals surface area contributed by atoms with Crippen molar-refractivity contribution < 1.29 is 9.84 Å². The maximum atomic E-state index is 13.6. The number of allylic oxidation sites excluding steroid dienone is 2. The lowest BCUT2D eigenvalue weighted by molar-refractivity contribution is 0.115. The fourth-order valence-electron chi connectivity index (χ4n) is 4.84. The van der Waals surface area contributed by atoms with Gasteiger partial charge in [-0.3, -0.25) is 4.57 Å². The second-order valence-electron chi connectivity index (χ2n) is 8.74. The quantitative estimate of drug-likeness (QED) is 0.517. The molecule has 0 amide bonds. The normalized spacial score (nSPS) is 21.5. The predicted molar refractivity (Wildman–Crippen MR) is 122 cm³/mol. The number of H-pyrrole nitrogens is 1. The van der Waals surface area contributed by atoms with Crippen LogP contribution in [0.5, 0.6) is 0 Å². The van der Waals surface area contributed by atoms with Crippen molar-refractivity contribution in [1.29, 1.82) is 0 Å². The van der Waals surface area contributed by atoms with Gasteiger partial charge in [-0.15, -0.1) is 0 Å². The Hall–Kier alpha value is -3.23. The third-order valence-electron chi connectivity index (χ3n) is 6.64. The number of nitrogens with one attached hydrogen (secondary N) is 1. The topological polar surface area (TPSA) is 98.0 Å². The molecular formula is C24H25N5O3. The molecular weight excluding hydrogens is 406 g/mol. The third kappa shape index (κ3) is 3.18. The highest BCUT2D eigenvalue weighted by atomic mass is 16.5. The minimum atomic E-state index is -0.564. The smallest absolute Gasteiger partial charge is 0.334 e. The Bertz CT molecular complexity index is 1400. The molecule has 0 radical (unpaired) electrons. The first-order valence-corrected chi connectivity index (χ1v) is 11.2. The predicted octanol–water partition coefficient (Wildman–Crippen LogP) is 3.16. The number of fused-ring (bicyclic) bond motifs is 2. The summed E-state index contributed by atoms with van der Waals surface area (Å²) in [6, 6.07) is 6.07. The lowest BCUT2D eigenvalue weighted by Gasteiger charge is -2.14. The first kappa shape index (κ1) is 19.5. The molecule has 0 bridgehead atoms. The average molecular weight is 431 g/mol. The maximum absolute atomic E-state index is 13.6. The Morgan fingerprint density at radius 2 is 2.03 bits per heavy atom. The zero-order valence-corrected chi connectivity index (χ0v) is 17.7. The highest BCUT2D eigenvalue weighted by Crippen LogP contribution is 2.29. The molecule has 0 aromatic carbocycles. The van der Waals surface area contributed by atoms with Gasteiger partial charge in [-0.05, 0) is 43.9 Å². The van der Waals surface area contributed by atoms with Crippen molar-refractivity contribution in [3.8, 4) is 11.1 Å². The lowest BCUT2D eigenvalue weighted by Crippen LogP contribution is -2.30. The molecule has 32 heavy (non-hydrogen) atoms. The van der Waals surface area contributed by atoms with Gasteiger partial charge in [-0.1, -0.05) is 6.08 Å². The SMILES string of the molecule is O=c1n(C[C@H]2COC[C@H]2O)c2cc(-c3cnc4[nH]ccc4c3)cnc2n1C1=CCCCC1. The van der Waals surface area contributed by atoms with Gasteiger partial charge < -0.3 is 14.8 Å². The van der Waals surface area contributed by atoms with Crippen LogP contribution < -0.4 is 5.69 Å². The summed E-state index contributed by atoms with van der Waals surface area (Å²) in [5, 5.41) is 11.3. The van der Waals surface area contributed by atoms with Crippen molar-refractivity contribution in [3.05, 3.63) is 53.3 Å². The fourth-order valence-corrected chi connectivity index (χ4v) is 4.84. The van der Waals surface area contributed by atoms with Crippen LogP contribution in [0.1, 0.15) is 25.7 Å². The molecule has 2 N–H and O–H groups in total. The summed E-state index contributed by atoms with van der Waals surface area (Å²) in [6.45, 7) is 1.16. The number of aromatic amines is 1. The minimum absolute atomic E-state index is 0.101. The Labute approximate surface area is 184 Å². The first-order valence-electron chi connectivity index (χ1n) is 11.2. The van der Waals surface area contributed by atoms with E-state index in [1.54, 1.807) is 9.13 Å². The number of ether oxygens (including phenoxy) is 1. The van der Waals surface area contributed by atoms with Gasteiger partial charge in [-0.2, -0.15) is 0 Å². The molecule has 8 nitrogen and oxygen atoms in total. The van der Waals surface area contributed by atoms with Crippen molar-refractivity contribution in [2.75, 3.05) is 13.2 Å². The van der Waals surface area contributed by atoms with Gasteiger partial charge >= 0.3 is 5.69 Å². The largest absolute Gasteiger partial charge is 0.390 e. The van der Waals surface area contributed by atoms with Crippen LogP contribution in [0.2, 0.25) is 0 Å². The first-order chi connectivity index (χ1) is 15.7. The summed E-state index contributed by atoms with van der Waals surface area (Å²) in [5.41, 5.74) is 5.03. The molecule has 6 rings (SSSR count). The Kier molecular flexibility index (Phi) is 4.69. The summed E-state index contributed by atoms with van der Waals surface area (Å²) in [4.78, 5) is 25.9. The van der Waals surface area contributed by atoms with Crippen LogP contribution in [-0.4, -0.2) is 48.5 Å². The molecule has 2 atom stereocenters. The Balaban J connectivity index is 1.52. The van der Waals surface area contributed by atoms with Gasteiger partial charge in [0.05, 0.1) is 24.8 Å². The lowest BCUT2D eigenvalue weighted by atomic mass is 10.0. The number of hydrogen-bond acceptors (Lipinski definition) is 5. The molecule has 164 valence electrons. The van der Waals surface area contributed by atoms with E-state index >= 15 is 0 Å². The van der Waals surface area contributed by atoms with Crippen molar-refractivity contribution in [2.24, 2.45) is 5.92 Å². The summed E-state index contributed by atoms with van der Waals surface area (Å²) in [7, 11) is 0. The summed E-state index contributed by atoms with van der Waals surface area (Å²) in [6.07, 6.45) is 11.2. The van der Waals surface area contributed by atoms with E-state index in [1.807, 2.05) is 30.7 Å². The molecule has 4 aromatic rings. The van der Waals surface area contributed by atoms with E-state index in [2.05, 4.69) is 22.1 Å². The molecule has 1 saturated heterocycles. The third-order valence-corrected chi connectivity index (χ3v) is 6.64. The standard InChI is InChI=1S/C24H25N5O3/c30-21-14-32-13-18(21)12-28-20-9-17(16-8-15-6-7-25-22(15)26-10-16)11-27-23(20)29(24(28)31)19-4-2-1-3-5-19/h4,6-11,18,21,30H,1-3,5,12-14H2,(H,25,26)/t18-,21+/m0/s1. The number of nitrogens with zero attached hydrogens (tertiary/aromatic N) is 4. The van der Waals surface area contributed by atoms with Crippen LogP contribution in [0.15, 0.2) is 47.7 Å². The van der Waals surface area contributed by atoms with Gasteiger partial charge in [0.15, 0.2) is 5.65 Å². The number of imidazole rings is 1. The van der Waals surface area contributed by atoms with E-state index in [-0.39, 0.29) is 11.6 Å². The van der Waals surface area contributed by atoms with Crippen LogP contribution in [-0.2, 0) is 11.3 Å². The molecule has 8 heteroatoms. The van der Waals surface area contributed by atoms with E-state index in [0.29, 0.717) is 25.4 Å². The van der Waals surface area contributed by atoms with Gasteiger partial charge in [0.1, 0.15) is 5.65 Å². The van der Waals surface area contributed by atoms with Crippen LogP contribution in [0, 0.1) is 5.92 Å². The number of hydrogen-bond donors (Lipinski definition) is 2. The number of rotatable bonds is 4. The van der Waals surface area contributed by atoms with Gasteiger partial charge in [0, 0.05) is 53.3 Å². The number of aliphatic hydroxyl groups is 1. The van der Waals surface area contributed by atoms with E-state index in [9.17, 15) is 9.90 Å². The van der Waals surface area contributed by atoms with Crippen LogP contribution in [0.25, 0.3) is 39.0 Å². The monoisotopic (exact) mass is 431 g/mol. The summed E-state index contributed by atoms with van der Waals surface area (Å²) < 4.78 is 8.95. The van der Waals surface area contributed by atoms with Gasteiger partial charge in [-0.25, -0.2) is 19.3 Å². The fraction of sp³-hybridized carbons (Fsp3) is 0.375. The molecule has 1 aliphatic carbocycles. The van der Waals surface area contributed by atoms with E-state index in [0.717, 1.165) is 59.1 Å². The van der Waals surface area contributed by atoms with Crippen molar-refractivity contribution in [1.82, 2.24) is 24.1 Å². The van der Waals surface area contributed by atoms with Crippen LogP contribution >= 0.6 is 0 Å². The molecule has 1 fully saturated rings. The van der Waals surface area contributed by atoms with Crippen molar-refractivity contribution >= 4 is 27.9 Å². The molecule has 1 aliphatic heterocycles. The minimum Gasteiger partial charge on any atom is -0.390 e.